The van der Waals surface area contributed by atoms with Gasteiger partial charge in [-0.1, -0.05) is 25.1 Å². The quantitative estimate of drug-likeness (QED) is 0.808. The van der Waals surface area contributed by atoms with Crippen molar-refractivity contribution in [1.82, 2.24) is 10.6 Å². The number of ether oxygens (including phenoxy) is 1. The van der Waals surface area contributed by atoms with Crippen molar-refractivity contribution in [2.45, 2.75) is 39.5 Å². The highest BCUT2D eigenvalue weighted by Crippen LogP contribution is 2.20. The molecule has 1 aromatic rings. The van der Waals surface area contributed by atoms with Crippen LogP contribution in [0.1, 0.15) is 26.3 Å². The standard InChI is InChI=1S/C14H20F2N2O2/c1-4-18-14(2,3)12(19)17-9-10-7-5-6-8-11(10)20-13(15)16/h5-8,13,18H,4,9H2,1-3H3,(H,17,19). The van der Waals surface area contributed by atoms with Gasteiger partial charge < -0.3 is 15.4 Å². The van der Waals surface area contributed by atoms with Crippen LogP contribution in [0.4, 0.5) is 8.78 Å². The Morgan fingerprint density at radius 3 is 2.60 bits per heavy atom. The Balaban J connectivity index is 2.68. The van der Waals surface area contributed by atoms with Crippen LogP contribution >= 0.6 is 0 Å². The number of amides is 1. The molecule has 2 N–H and O–H groups in total. The summed E-state index contributed by atoms with van der Waals surface area (Å²) in [5.41, 5.74) is -0.207. The number of nitrogens with one attached hydrogen (secondary N) is 2. The number of benzene rings is 1. The van der Waals surface area contributed by atoms with Crippen LogP contribution in [0.25, 0.3) is 0 Å². The maximum Gasteiger partial charge on any atom is 0.387 e. The molecular weight excluding hydrogens is 266 g/mol. The van der Waals surface area contributed by atoms with Gasteiger partial charge in [-0.3, -0.25) is 4.79 Å². The Morgan fingerprint density at radius 2 is 2.00 bits per heavy atom. The normalized spacial score (nSPS) is 11.5. The predicted molar refractivity (Wildman–Crippen MR) is 72.7 cm³/mol. The van der Waals surface area contributed by atoms with Crippen LogP contribution in [-0.2, 0) is 11.3 Å². The first-order valence-corrected chi connectivity index (χ1v) is 6.43. The summed E-state index contributed by atoms with van der Waals surface area (Å²) < 4.78 is 28.9. The summed E-state index contributed by atoms with van der Waals surface area (Å²) in [5.74, 6) is -0.129. The molecule has 0 aliphatic rings. The van der Waals surface area contributed by atoms with E-state index < -0.39 is 12.2 Å². The van der Waals surface area contributed by atoms with E-state index in [1.165, 1.54) is 6.07 Å². The molecule has 4 nitrogen and oxygen atoms in total. The van der Waals surface area contributed by atoms with Gasteiger partial charge >= 0.3 is 6.61 Å². The van der Waals surface area contributed by atoms with E-state index in [1.54, 1.807) is 32.0 Å². The van der Waals surface area contributed by atoms with Crippen molar-refractivity contribution < 1.29 is 18.3 Å². The van der Waals surface area contributed by atoms with Crippen molar-refractivity contribution >= 4 is 5.91 Å². The van der Waals surface area contributed by atoms with E-state index in [0.29, 0.717) is 12.1 Å². The number of para-hydroxylation sites is 1. The second-order valence-corrected chi connectivity index (χ2v) is 4.82. The van der Waals surface area contributed by atoms with Crippen molar-refractivity contribution in [2.75, 3.05) is 6.54 Å². The Bertz CT molecular complexity index is 451. The highest BCUT2D eigenvalue weighted by atomic mass is 19.3. The molecule has 6 heteroatoms. The maximum atomic E-state index is 12.3. The number of hydrogen-bond acceptors (Lipinski definition) is 3. The van der Waals surface area contributed by atoms with Gasteiger partial charge in [-0.15, -0.1) is 0 Å². The first kappa shape index (κ1) is 16.4. The topological polar surface area (TPSA) is 50.4 Å². The van der Waals surface area contributed by atoms with E-state index in [1.807, 2.05) is 6.92 Å². The van der Waals surface area contributed by atoms with Crippen molar-refractivity contribution in [1.29, 1.82) is 0 Å². The summed E-state index contributed by atoms with van der Waals surface area (Å²) in [7, 11) is 0. The van der Waals surface area contributed by atoms with Crippen molar-refractivity contribution in [3.8, 4) is 5.75 Å². The molecule has 0 saturated carbocycles. The van der Waals surface area contributed by atoms with Crippen LogP contribution in [-0.4, -0.2) is 24.6 Å². The third-order valence-corrected chi connectivity index (χ3v) is 2.81. The molecule has 0 heterocycles. The first-order valence-electron chi connectivity index (χ1n) is 6.43. The number of likely N-dealkylation sites (N-methyl/N-ethyl adjacent to an activating group) is 1. The van der Waals surface area contributed by atoms with Crippen LogP contribution in [0.3, 0.4) is 0 Å². The van der Waals surface area contributed by atoms with Gasteiger partial charge in [-0.25, -0.2) is 0 Å². The van der Waals surface area contributed by atoms with E-state index >= 15 is 0 Å². The number of alkyl halides is 2. The highest BCUT2D eigenvalue weighted by molar-refractivity contribution is 5.85. The predicted octanol–water partition coefficient (Wildman–Crippen LogP) is 2.29. The zero-order valence-corrected chi connectivity index (χ0v) is 11.9. The molecule has 0 aliphatic heterocycles. The van der Waals surface area contributed by atoms with Gasteiger partial charge in [0.25, 0.3) is 0 Å². The monoisotopic (exact) mass is 286 g/mol. The maximum absolute atomic E-state index is 12.3. The van der Waals surface area contributed by atoms with Crippen LogP contribution in [0, 0.1) is 0 Å². The summed E-state index contributed by atoms with van der Waals surface area (Å²) in [5, 5.41) is 5.75. The smallest absolute Gasteiger partial charge is 0.387 e. The molecule has 112 valence electrons. The van der Waals surface area contributed by atoms with E-state index in [-0.39, 0.29) is 18.2 Å². The van der Waals surface area contributed by atoms with Gasteiger partial charge in [-0.05, 0) is 26.5 Å². The fourth-order valence-electron chi connectivity index (χ4n) is 1.78. The van der Waals surface area contributed by atoms with Crippen molar-refractivity contribution in [3.63, 3.8) is 0 Å². The van der Waals surface area contributed by atoms with Crippen LogP contribution < -0.4 is 15.4 Å². The van der Waals surface area contributed by atoms with E-state index in [2.05, 4.69) is 15.4 Å². The fraction of sp³-hybridized carbons (Fsp3) is 0.500. The van der Waals surface area contributed by atoms with Gasteiger partial charge in [0, 0.05) is 12.1 Å². The lowest BCUT2D eigenvalue weighted by atomic mass is 10.0. The molecule has 0 saturated heterocycles. The summed E-state index contributed by atoms with van der Waals surface area (Å²) in [6.07, 6.45) is 0. The number of hydrogen-bond donors (Lipinski definition) is 2. The molecule has 0 aliphatic carbocycles. The molecule has 1 amide bonds. The molecule has 0 fully saturated rings. The Labute approximate surface area is 117 Å². The number of carbonyl (C=O) groups excluding carboxylic acids is 1. The lowest BCUT2D eigenvalue weighted by Gasteiger charge is -2.24. The molecule has 20 heavy (non-hydrogen) atoms. The van der Waals surface area contributed by atoms with E-state index in [4.69, 9.17) is 0 Å². The molecule has 1 rings (SSSR count). The first-order chi connectivity index (χ1) is 9.36. The SMILES string of the molecule is CCNC(C)(C)C(=O)NCc1ccccc1OC(F)F. The Hall–Kier alpha value is -1.69. The zero-order chi connectivity index (χ0) is 15.2. The Kier molecular flexibility index (Phi) is 5.88. The van der Waals surface area contributed by atoms with Gasteiger partial charge in [0.15, 0.2) is 0 Å². The van der Waals surface area contributed by atoms with Gasteiger partial charge in [0.2, 0.25) is 5.91 Å². The zero-order valence-electron chi connectivity index (χ0n) is 11.9. The second kappa shape index (κ2) is 7.19. The minimum Gasteiger partial charge on any atom is -0.434 e. The summed E-state index contributed by atoms with van der Waals surface area (Å²) in [4.78, 5) is 12.0. The van der Waals surface area contributed by atoms with E-state index in [9.17, 15) is 13.6 Å². The fourth-order valence-corrected chi connectivity index (χ4v) is 1.78. The number of carbonyl (C=O) groups is 1. The van der Waals surface area contributed by atoms with Crippen molar-refractivity contribution in [2.24, 2.45) is 0 Å². The summed E-state index contributed by atoms with van der Waals surface area (Å²) >= 11 is 0. The minimum atomic E-state index is -2.88. The lowest BCUT2D eigenvalue weighted by molar-refractivity contribution is -0.126. The van der Waals surface area contributed by atoms with Crippen LogP contribution in [0.5, 0.6) is 5.75 Å². The van der Waals surface area contributed by atoms with Gasteiger partial charge in [-0.2, -0.15) is 8.78 Å². The molecule has 0 aromatic heterocycles. The average molecular weight is 286 g/mol. The highest BCUT2D eigenvalue weighted by Gasteiger charge is 2.25. The minimum absolute atomic E-state index is 0.0732. The summed E-state index contributed by atoms with van der Waals surface area (Å²) in [6.45, 7) is 3.33. The molecule has 0 bridgehead atoms. The third kappa shape index (κ3) is 4.77. The molecule has 0 spiro atoms. The molecule has 1 aromatic carbocycles. The lowest BCUT2D eigenvalue weighted by Crippen LogP contribution is -2.52. The number of halogens is 2. The van der Waals surface area contributed by atoms with Crippen molar-refractivity contribution in [3.05, 3.63) is 29.8 Å². The van der Waals surface area contributed by atoms with Crippen LogP contribution in [0.2, 0.25) is 0 Å². The molecule has 0 unspecified atom stereocenters. The largest absolute Gasteiger partial charge is 0.434 e. The molecule has 0 atom stereocenters. The van der Waals surface area contributed by atoms with Gasteiger partial charge in [0.1, 0.15) is 5.75 Å². The van der Waals surface area contributed by atoms with Gasteiger partial charge in [0.05, 0.1) is 5.54 Å². The van der Waals surface area contributed by atoms with Crippen LogP contribution in [0.15, 0.2) is 24.3 Å². The van der Waals surface area contributed by atoms with E-state index in [0.717, 1.165) is 0 Å². The Morgan fingerprint density at radius 1 is 1.35 bits per heavy atom. The molecule has 0 radical (unpaired) electrons. The second-order valence-electron chi connectivity index (χ2n) is 4.82. The average Bonchev–Trinajstić information content (AvgIpc) is 2.36. The third-order valence-electron chi connectivity index (χ3n) is 2.81. The number of rotatable bonds is 7. The summed E-state index contributed by atoms with van der Waals surface area (Å²) in [6, 6.07) is 6.39. The molecular formula is C14H20F2N2O2.